The summed E-state index contributed by atoms with van der Waals surface area (Å²) in [5.41, 5.74) is 0.755. The monoisotopic (exact) mass is 337 g/mol. The van der Waals surface area contributed by atoms with Crippen LogP contribution in [-0.2, 0) is 9.59 Å². The minimum Gasteiger partial charge on any atom is -0.391 e. The number of aliphatic hydroxyl groups excluding tert-OH is 1. The van der Waals surface area contributed by atoms with Gasteiger partial charge in [-0.05, 0) is 30.7 Å². The number of β-amino-alcohol motifs (C(OH)–C–C–N with tert-alkyl or cyclic N) is 1. The molecule has 0 aromatic heterocycles. The third kappa shape index (κ3) is 3.49. The van der Waals surface area contributed by atoms with E-state index < -0.39 is 12.0 Å². The molecule has 2 fully saturated rings. The first kappa shape index (κ1) is 16.2. The van der Waals surface area contributed by atoms with Crippen LogP contribution in [0.25, 0.3) is 0 Å². The summed E-state index contributed by atoms with van der Waals surface area (Å²) < 4.78 is 0. The van der Waals surface area contributed by atoms with Gasteiger partial charge in [0.25, 0.3) is 0 Å². The van der Waals surface area contributed by atoms with Crippen LogP contribution in [0.3, 0.4) is 0 Å². The quantitative estimate of drug-likeness (QED) is 0.694. The van der Waals surface area contributed by atoms with Crippen molar-refractivity contribution in [2.24, 2.45) is 11.8 Å². The molecule has 0 bridgehead atoms. The lowest BCUT2D eigenvalue weighted by molar-refractivity contribution is -0.132. The Balaban J connectivity index is 1.57. The normalized spacial score (nSPS) is 27.5. The molecule has 0 saturated carbocycles. The Morgan fingerprint density at radius 3 is 2.74 bits per heavy atom. The molecule has 2 amide bonds. The summed E-state index contributed by atoms with van der Waals surface area (Å²) in [5, 5.41) is 16.2. The number of halogens is 1. The number of rotatable bonds is 4. The number of carbonyl (C=O) groups is 2. The van der Waals surface area contributed by atoms with Gasteiger partial charge in [-0.2, -0.15) is 0 Å². The third-order valence-corrected chi connectivity index (χ3v) is 4.75. The van der Waals surface area contributed by atoms with E-state index in [1.165, 1.54) is 0 Å². The highest BCUT2D eigenvalue weighted by Gasteiger charge is 2.38. The van der Waals surface area contributed by atoms with Crippen LogP contribution in [0.2, 0.25) is 5.02 Å². The average molecular weight is 338 g/mol. The Hall–Kier alpha value is -1.63. The molecule has 2 saturated heterocycles. The molecule has 0 aliphatic carbocycles. The van der Waals surface area contributed by atoms with Gasteiger partial charge in [0.15, 0.2) is 0 Å². The second-order valence-electron chi connectivity index (χ2n) is 6.04. The number of amides is 2. The molecule has 0 spiro atoms. The van der Waals surface area contributed by atoms with Crippen LogP contribution in [0, 0.1) is 11.8 Å². The average Bonchev–Trinajstić information content (AvgIpc) is 3.12. The van der Waals surface area contributed by atoms with Crippen LogP contribution in [-0.4, -0.2) is 49.2 Å². The zero-order chi connectivity index (χ0) is 16.4. The van der Waals surface area contributed by atoms with Gasteiger partial charge in [0, 0.05) is 42.8 Å². The minimum atomic E-state index is -0.655. The van der Waals surface area contributed by atoms with Crippen molar-refractivity contribution in [2.75, 3.05) is 31.1 Å². The van der Waals surface area contributed by atoms with E-state index in [1.54, 1.807) is 29.2 Å². The SMILES string of the molecule is O=C(NCC1CNCC1O)C1CCN(c2ccc(Cl)cc2)C1=O. The maximum absolute atomic E-state index is 12.5. The van der Waals surface area contributed by atoms with Gasteiger partial charge in [0.05, 0.1) is 6.10 Å². The molecule has 7 heteroatoms. The van der Waals surface area contributed by atoms with E-state index >= 15 is 0 Å². The Kier molecular flexibility index (Phi) is 4.84. The highest BCUT2D eigenvalue weighted by Crippen LogP contribution is 2.26. The number of hydrogen-bond acceptors (Lipinski definition) is 4. The summed E-state index contributed by atoms with van der Waals surface area (Å²) in [6.07, 6.45) is 0.0545. The maximum Gasteiger partial charge on any atom is 0.239 e. The summed E-state index contributed by atoms with van der Waals surface area (Å²) in [6.45, 7) is 2.13. The zero-order valence-corrected chi connectivity index (χ0v) is 13.4. The van der Waals surface area contributed by atoms with Crippen LogP contribution >= 0.6 is 11.6 Å². The minimum absolute atomic E-state index is 0.00261. The van der Waals surface area contributed by atoms with Crippen molar-refractivity contribution < 1.29 is 14.7 Å². The molecular formula is C16H20ClN3O3. The fourth-order valence-electron chi connectivity index (χ4n) is 3.08. The van der Waals surface area contributed by atoms with Gasteiger partial charge in [-0.15, -0.1) is 0 Å². The number of carbonyl (C=O) groups excluding carboxylic acids is 2. The molecule has 3 rings (SSSR count). The highest BCUT2D eigenvalue weighted by atomic mass is 35.5. The van der Waals surface area contributed by atoms with Crippen LogP contribution in [0.4, 0.5) is 5.69 Å². The van der Waals surface area contributed by atoms with Crippen LogP contribution in [0.15, 0.2) is 24.3 Å². The van der Waals surface area contributed by atoms with Crippen molar-refractivity contribution in [3.05, 3.63) is 29.3 Å². The van der Waals surface area contributed by atoms with Crippen molar-refractivity contribution in [3.8, 4) is 0 Å². The van der Waals surface area contributed by atoms with Crippen molar-refractivity contribution in [1.29, 1.82) is 0 Å². The first-order chi connectivity index (χ1) is 11.1. The van der Waals surface area contributed by atoms with E-state index in [1.807, 2.05) is 0 Å². The van der Waals surface area contributed by atoms with Crippen molar-refractivity contribution in [3.63, 3.8) is 0 Å². The Morgan fingerprint density at radius 1 is 1.35 bits per heavy atom. The molecule has 3 N–H and O–H groups in total. The van der Waals surface area contributed by atoms with E-state index in [9.17, 15) is 14.7 Å². The molecule has 6 nitrogen and oxygen atoms in total. The van der Waals surface area contributed by atoms with E-state index in [0.717, 1.165) is 5.69 Å². The third-order valence-electron chi connectivity index (χ3n) is 4.50. The number of nitrogens with zero attached hydrogens (tertiary/aromatic N) is 1. The summed E-state index contributed by atoms with van der Waals surface area (Å²) in [5.74, 6) is -1.10. The molecule has 124 valence electrons. The van der Waals surface area contributed by atoms with Crippen LogP contribution in [0.5, 0.6) is 0 Å². The zero-order valence-electron chi connectivity index (χ0n) is 12.7. The van der Waals surface area contributed by atoms with Gasteiger partial charge >= 0.3 is 0 Å². The van der Waals surface area contributed by atoms with Gasteiger partial charge in [0.2, 0.25) is 11.8 Å². The summed E-state index contributed by atoms with van der Waals surface area (Å²) in [7, 11) is 0. The summed E-state index contributed by atoms with van der Waals surface area (Å²) in [4.78, 5) is 26.3. The lowest BCUT2D eigenvalue weighted by Crippen LogP contribution is -2.40. The standard InChI is InChI=1S/C16H20ClN3O3/c17-11-1-3-12(4-2-11)20-6-5-13(16(20)23)15(22)19-8-10-7-18-9-14(10)21/h1-4,10,13-14,18,21H,5-9H2,(H,19,22). The molecule has 1 aromatic rings. The molecule has 3 atom stereocenters. The fourth-order valence-corrected chi connectivity index (χ4v) is 3.21. The first-order valence-corrected chi connectivity index (χ1v) is 8.17. The molecule has 2 aliphatic heterocycles. The van der Waals surface area contributed by atoms with Crippen molar-refractivity contribution in [2.45, 2.75) is 12.5 Å². The van der Waals surface area contributed by atoms with E-state index in [-0.39, 0.29) is 17.7 Å². The molecule has 23 heavy (non-hydrogen) atoms. The number of benzene rings is 1. The van der Waals surface area contributed by atoms with E-state index in [4.69, 9.17) is 11.6 Å². The topological polar surface area (TPSA) is 81.7 Å². The number of nitrogens with one attached hydrogen (secondary N) is 2. The molecule has 2 aliphatic rings. The molecule has 2 heterocycles. The van der Waals surface area contributed by atoms with E-state index in [2.05, 4.69) is 10.6 Å². The Bertz CT molecular complexity index is 593. The lowest BCUT2D eigenvalue weighted by Gasteiger charge is -2.18. The maximum atomic E-state index is 12.5. The Morgan fingerprint density at radius 2 is 2.09 bits per heavy atom. The van der Waals surface area contributed by atoms with Gasteiger partial charge in [-0.1, -0.05) is 11.6 Å². The Labute approximate surface area is 139 Å². The predicted octanol–water partition coefficient (Wildman–Crippen LogP) is 0.389. The van der Waals surface area contributed by atoms with Gasteiger partial charge in [-0.25, -0.2) is 0 Å². The first-order valence-electron chi connectivity index (χ1n) is 7.79. The van der Waals surface area contributed by atoms with Crippen molar-refractivity contribution >= 4 is 29.1 Å². The molecule has 0 radical (unpaired) electrons. The highest BCUT2D eigenvalue weighted by molar-refractivity contribution is 6.30. The summed E-state index contributed by atoms with van der Waals surface area (Å²) in [6, 6.07) is 7.01. The number of anilines is 1. The lowest BCUT2D eigenvalue weighted by atomic mass is 10.0. The van der Waals surface area contributed by atoms with Gasteiger partial charge in [0.1, 0.15) is 5.92 Å². The van der Waals surface area contributed by atoms with Gasteiger partial charge in [-0.3, -0.25) is 9.59 Å². The second kappa shape index (κ2) is 6.86. The molecular weight excluding hydrogens is 318 g/mol. The van der Waals surface area contributed by atoms with Crippen LogP contribution < -0.4 is 15.5 Å². The summed E-state index contributed by atoms with van der Waals surface area (Å²) >= 11 is 5.86. The predicted molar refractivity (Wildman–Crippen MR) is 87.3 cm³/mol. The van der Waals surface area contributed by atoms with Crippen molar-refractivity contribution in [1.82, 2.24) is 10.6 Å². The second-order valence-corrected chi connectivity index (χ2v) is 6.47. The number of hydrogen-bond donors (Lipinski definition) is 3. The molecule has 3 unspecified atom stereocenters. The number of aliphatic hydroxyl groups is 1. The van der Waals surface area contributed by atoms with Gasteiger partial charge < -0.3 is 20.6 Å². The molecule has 1 aromatic carbocycles. The smallest absolute Gasteiger partial charge is 0.239 e. The largest absolute Gasteiger partial charge is 0.391 e. The van der Waals surface area contributed by atoms with E-state index in [0.29, 0.717) is 37.6 Å². The fraction of sp³-hybridized carbons (Fsp3) is 0.500. The van der Waals surface area contributed by atoms with Crippen LogP contribution in [0.1, 0.15) is 6.42 Å².